The summed E-state index contributed by atoms with van der Waals surface area (Å²) in [5, 5.41) is 0. The largest absolute Gasteiger partial charge is 0.458 e. The van der Waals surface area contributed by atoms with Crippen LogP contribution in [0.15, 0.2) is 11.0 Å². The van der Waals surface area contributed by atoms with Gasteiger partial charge in [0.2, 0.25) is 0 Å². The molecule has 0 bridgehead atoms. The number of ether oxygens (including phenoxy) is 1. The van der Waals surface area contributed by atoms with Gasteiger partial charge in [0.05, 0.1) is 6.10 Å². The van der Waals surface area contributed by atoms with Gasteiger partial charge in [-0.3, -0.25) is 0 Å². The second-order valence-electron chi connectivity index (χ2n) is 2.61. The van der Waals surface area contributed by atoms with E-state index in [4.69, 9.17) is 4.74 Å². The number of carbonyl (C=O) groups excluding carboxylic acids is 1. The van der Waals surface area contributed by atoms with E-state index in [-0.39, 0.29) is 11.8 Å². The van der Waals surface area contributed by atoms with Crippen LogP contribution in [-0.4, -0.2) is 22.0 Å². The molecule has 0 amide bonds. The number of hydrogen-bond donors (Lipinski definition) is 2. The summed E-state index contributed by atoms with van der Waals surface area (Å²) in [6.07, 6.45) is 1.10. The molecule has 0 aromatic carbocycles. The molecule has 0 radical (unpaired) electrons. The molecule has 12 heavy (non-hydrogen) atoms. The summed E-state index contributed by atoms with van der Waals surface area (Å²) in [5.74, 6) is -0.525. The molecule has 66 valence electrons. The maximum Gasteiger partial charge on any atom is 0.356 e. The van der Waals surface area contributed by atoms with Crippen molar-refractivity contribution in [1.29, 1.82) is 0 Å². The topological polar surface area (TPSA) is 75.0 Å². The summed E-state index contributed by atoms with van der Waals surface area (Å²) in [4.78, 5) is 26.2. The van der Waals surface area contributed by atoms with Crippen molar-refractivity contribution in [1.82, 2.24) is 9.97 Å². The fourth-order valence-electron chi connectivity index (χ4n) is 0.720. The Morgan fingerprint density at radius 2 is 2.25 bits per heavy atom. The Morgan fingerprint density at radius 3 is 2.67 bits per heavy atom. The van der Waals surface area contributed by atoms with Gasteiger partial charge in [0.1, 0.15) is 5.69 Å². The van der Waals surface area contributed by atoms with Crippen LogP contribution in [-0.2, 0) is 4.74 Å². The highest BCUT2D eigenvalue weighted by Gasteiger charge is 2.10. The Bertz CT molecular complexity index is 323. The number of esters is 1. The van der Waals surface area contributed by atoms with E-state index in [0.29, 0.717) is 0 Å². The van der Waals surface area contributed by atoms with Crippen molar-refractivity contribution in [3.63, 3.8) is 0 Å². The molecule has 0 saturated heterocycles. The normalized spacial score (nSPS) is 10.2. The van der Waals surface area contributed by atoms with Gasteiger partial charge in [0, 0.05) is 6.20 Å². The third-order valence-electron chi connectivity index (χ3n) is 1.16. The molecule has 0 atom stereocenters. The summed E-state index contributed by atoms with van der Waals surface area (Å²) < 4.78 is 4.82. The molecule has 0 aliphatic rings. The Labute approximate surface area is 68.8 Å². The molecule has 1 rings (SSSR count). The first kappa shape index (κ1) is 8.58. The molecule has 0 spiro atoms. The van der Waals surface area contributed by atoms with Crippen LogP contribution < -0.4 is 5.69 Å². The third-order valence-corrected chi connectivity index (χ3v) is 1.16. The van der Waals surface area contributed by atoms with Gasteiger partial charge >= 0.3 is 11.7 Å². The second kappa shape index (κ2) is 3.25. The van der Waals surface area contributed by atoms with E-state index in [1.54, 1.807) is 13.8 Å². The number of H-pyrrole nitrogens is 2. The lowest BCUT2D eigenvalue weighted by Crippen LogP contribution is -2.13. The Kier molecular flexibility index (Phi) is 2.32. The van der Waals surface area contributed by atoms with Gasteiger partial charge < -0.3 is 14.7 Å². The molecule has 0 fully saturated rings. The minimum absolute atomic E-state index is 0.147. The van der Waals surface area contributed by atoms with Crippen LogP contribution in [0.1, 0.15) is 24.3 Å². The zero-order chi connectivity index (χ0) is 9.14. The highest BCUT2D eigenvalue weighted by Crippen LogP contribution is 1.96. The van der Waals surface area contributed by atoms with Gasteiger partial charge in [0.15, 0.2) is 0 Å². The fraction of sp³-hybridized carbons (Fsp3) is 0.429. The zero-order valence-corrected chi connectivity index (χ0v) is 6.88. The molecule has 1 aromatic heterocycles. The van der Waals surface area contributed by atoms with Crippen LogP contribution in [0.3, 0.4) is 0 Å². The first-order chi connectivity index (χ1) is 5.59. The number of aromatic nitrogens is 2. The Balaban J connectivity index is 2.72. The number of imidazole rings is 1. The summed E-state index contributed by atoms with van der Waals surface area (Å²) >= 11 is 0. The van der Waals surface area contributed by atoms with Crippen LogP contribution in [0.4, 0.5) is 0 Å². The molecule has 0 aliphatic carbocycles. The van der Waals surface area contributed by atoms with Crippen molar-refractivity contribution in [2.24, 2.45) is 0 Å². The average molecular weight is 170 g/mol. The van der Waals surface area contributed by atoms with Gasteiger partial charge in [-0.25, -0.2) is 9.59 Å². The van der Waals surface area contributed by atoms with Gasteiger partial charge in [-0.05, 0) is 13.8 Å². The molecule has 0 unspecified atom stereocenters. The van der Waals surface area contributed by atoms with Crippen LogP contribution in [0, 0.1) is 0 Å². The lowest BCUT2D eigenvalue weighted by atomic mass is 10.4. The smallest absolute Gasteiger partial charge is 0.356 e. The quantitative estimate of drug-likeness (QED) is 0.625. The van der Waals surface area contributed by atoms with E-state index < -0.39 is 11.7 Å². The summed E-state index contributed by atoms with van der Waals surface area (Å²) in [6.45, 7) is 3.48. The van der Waals surface area contributed by atoms with E-state index in [1.807, 2.05) is 0 Å². The Morgan fingerprint density at radius 1 is 1.58 bits per heavy atom. The summed E-state index contributed by atoms with van der Waals surface area (Å²) in [7, 11) is 0. The van der Waals surface area contributed by atoms with E-state index in [9.17, 15) is 9.59 Å². The molecule has 0 saturated carbocycles. The Hall–Kier alpha value is -1.52. The van der Waals surface area contributed by atoms with Crippen molar-refractivity contribution in [2.75, 3.05) is 0 Å². The highest BCUT2D eigenvalue weighted by atomic mass is 16.5. The highest BCUT2D eigenvalue weighted by molar-refractivity contribution is 5.86. The van der Waals surface area contributed by atoms with E-state index in [0.717, 1.165) is 0 Å². The predicted octanol–water partition coefficient (Wildman–Crippen LogP) is 0.268. The van der Waals surface area contributed by atoms with Crippen molar-refractivity contribution in [3.8, 4) is 0 Å². The third kappa shape index (κ3) is 1.98. The van der Waals surface area contributed by atoms with Gasteiger partial charge in [-0.1, -0.05) is 0 Å². The molecule has 5 nitrogen and oxygen atoms in total. The first-order valence-electron chi connectivity index (χ1n) is 3.58. The predicted molar refractivity (Wildman–Crippen MR) is 42.0 cm³/mol. The fourth-order valence-corrected chi connectivity index (χ4v) is 0.720. The SMILES string of the molecule is CC(C)OC(=O)c1c[nH]c(=O)[nH]1. The van der Waals surface area contributed by atoms with Crippen molar-refractivity contribution in [2.45, 2.75) is 20.0 Å². The molecule has 1 heterocycles. The van der Waals surface area contributed by atoms with Gasteiger partial charge in [0.25, 0.3) is 0 Å². The maximum absolute atomic E-state index is 11.1. The lowest BCUT2D eigenvalue weighted by Gasteiger charge is -2.04. The number of hydrogen-bond acceptors (Lipinski definition) is 3. The van der Waals surface area contributed by atoms with Crippen LogP contribution in [0.2, 0.25) is 0 Å². The van der Waals surface area contributed by atoms with Crippen LogP contribution in [0.5, 0.6) is 0 Å². The average Bonchev–Trinajstić information content (AvgIpc) is 2.34. The zero-order valence-electron chi connectivity index (χ0n) is 6.88. The number of rotatable bonds is 2. The van der Waals surface area contributed by atoms with Crippen molar-refractivity contribution < 1.29 is 9.53 Å². The minimum atomic E-state index is -0.525. The van der Waals surface area contributed by atoms with Crippen molar-refractivity contribution >= 4 is 5.97 Å². The second-order valence-corrected chi connectivity index (χ2v) is 2.61. The number of nitrogens with one attached hydrogen (secondary N) is 2. The first-order valence-corrected chi connectivity index (χ1v) is 3.58. The molecule has 1 aromatic rings. The minimum Gasteiger partial charge on any atom is -0.458 e. The summed E-state index contributed by atoms with van der Waals surface area (Å²) in [6, 6.07) is 0. The van der Waals surface area contributed by atoms with E-state index in [2.05, 4.69) is 9.97 Å². The molecular formula is C7H10N2O3. The van der Waals surface area contributed by atoms with Crippen LogP contribution in [0.25, 0.3) is 0 Å². The molecule has 0 aliphatic heterocycles. The lowest BCUT2D eigenvalue weighted by molar-refractivity contribution is 0.0371. The van der Waals surface area contributed by atoms with Gasteiger partial charge in [-0.15, -0.1) is 0 Å². The number of carbonyl (C=O) groups is 1. The summed E-state index contributed by atoms with van der Waals surface area (Å²) in [5.41, 5.74) is -0.264. The van der Waals surface area contributed by atoms with Crippen LogP contribution >= 0.6 is 0 Å². The number of aromatic amines is 2. The monoisotopic (exact) mass is 170 g/mol. The standard InChI is InChI=1S/C7H10N2O3/c1-4(2)12-6(10)5-3-8-7(11)9-5/h3-4H,1-2H3,(H2,8,9,11). The van der Waals surface area contributed by atoms with E-state index in [1.165, 1.54) is 6.20 Å². The van der Waals surface area contributed by atoms with Crippen molar-refractivity contribution in [3.05, 3.63) is 22.4 Å². The molecule has 5 heteroatoms. The molecule has 2 N–H and O–H groups in total. The maximum atomic E-state index is 11.1. The van der Waals surface area contributed by atoms with E-state index >= 15 is 0 Å². The van der Waals surface area contributed by atoms with Gasteiger partial charge in [-0.2, -0.15) is 0 Å². The molecular weight excluding hydrogens is 160 g/mol.